The Labute approximate surface area is 101 Å². The molecule has 16 heavy (non-hydrogen) atoms. The third-order valence-electron chi connectivity index (χ3n) is 2.67. The molecule has 2 nitrogen and oxygen atoms in total. The van der Waals surface area contributed by atoms with Crippen LogP contribution in [0, 0.1) is 6.92 Å². The summed E-state index contributed by atoms with van der Waals surface area (Å²) in [7, 11) is 0. The summed E-state index contributed by atoms with van der Waals surface area (Å²) >= 11 is 5.91. The van der Waals surface area contributed by atoms with Crippen LogP contribution in [0.4, 0.5) is 0 Å². The third-order valence-corrected chi connectivity index (χ3v) is 2.88. The van der Waals surface area contributed by atoms with Crippen LogP contribution in [0.1, 0.15) is 19.0 Å². The second-order valence-electron chi connectivity index (χ2n) is 3.88. The van der Waals surface area contributed by atoms with Gasteiger partial charge in [0.1, 0.15) is 5.15 Å². The van der Waals surface area contributed by atoms with Crippen LogP contribution in [0.15, 0.2) is 30.5 Å². The third kappa shape index (κ3) is 2.12. The molecule has 84 valence electrons. The molecule has 0 aromatic carbocycles. The zero-order valence-electron chi connectivity index (χ0n) is 9.57. The van der Waals surface area contributed by atoms with Gasteiger partial charge in [-0.25, -0.2) is 4.98 Å². The molecule has 0 fully saturated rings. The standard InChI is InChI=1S/C13H15ClN2/c1-3-8-16-10(2)4-5-12(16)11-6-7-15-13(14)9-11/h4-7,9H,3,8H2,1-2H3. The van der Waals surface area contributed by atoms with Crippen molar-refractivity contribution in [3.05, 3.63) is 41.3 Å². The fourth-order valence-corrected chi connectivity index (χ4v) is 2.08. The molecule has 0 bridgehead atoms. The second kappa shape index (κ2) is 4.71. The molecule has 0 N–H and O–H groups in total. The molecule has 0 unspecified atom stereocenters. The quantitative estimate of drug-likeness (QED) is 0.736. The summed E-state index contributed by atoms with van der Waals surface area (Å²) in [6, 6.07) is 8.17. The van der Waals surface area contributed by atoms with E-state index in [0.717, 1.165) is 18.5 Å². The Hall–Kier alpha value is -1.28. The summed E-state index contributed by atoms with van der Waals surface area (Å²) in [5, 5.41) is 0.541. The molecule has 3 heteroatoms. The summed E-state index contributed by atoms with van der Waals surface area (Å²) in [6.07, 6.45) is 2.87. The molecule has 0 aliphatic heterocycles. The molecular weight excluding hydrogens is 220 g/mol. The highest BCUT2D eigenvalue weighted by Gasteiger charge is 2.07. The van der Waals surface area contributed by atoms with Crippen molar-refractivity contribution in [2.24, 2.45) is 0 Å². The maximum Gasteiger partial charge on any atom is 0.129 e. The molecule has 0 aliphatic carbocycles. The van der Waals surface area contributed by atoms with Crippen molar-refractivity contribution in [1.29, 1.82) is 0 Å². The molecule has 0 saturated heterocycles. The maximum atomic E-state index is 5.91. The van der Waals surface area contributed by atoms with Gasteiger partial charge in [-0.2, -0.15) is 0 Å². The van der Waals surface area contributed by atoms with Gasteiger partial charge in [-0.15, -0.1) is 0 Å². The van der Waals surface area contributed by atoms with Gasteiger partial charge in [0.15, 0.2) is 0 Å². The van der Waals surface area contributed by atoms with Gasteiger partial charge in [0.2, 0.25) is 0 Å². The molecule has 2 aromatic heterocycles. The van der Waals surface area contributed by atoms with Crippen LogP contribution in [-0.2, 0) is 6.54 Å². The lowest BCUT2D eigenvalue weighted by molar-refractivity contribution is 0.672. The van der Waals surface area contributed by atoms with Crippen LogP contribution in [0.3, 0.4) is 0 Å². The zero-order chi connectivity index (χ0) is 11.5. The highest BCUT2D eigenvalue weighted by Crippen LogP contribution is 2.24. The van der Waals surface area contributed by atoms with Crippen LogP contribution in [0.2, 0.25) is 5.15 Å². The van der Waals surface area contributed by atoms with Crippen molar-refractivity contribution >= 4 is 11.6 Å². The molecule has 2 heterocycles. The number of aryl methyl sites for hydroxylation is 1. The van der Waals surface area contributed by atoms with Crippen LogP contribution >= 0.6 is 11.6 Å². The fourth-order valence-electron chi connectivity index (χ4n) is 1.90. The fraction of sp³-hybridized carbons (Fsp3) is 0.308. The van der Waals surface area contributed by atoms with E-state index in [0.29, 0.717) is 5.15 Å². The Morgan fingerprint density at radius 3 is 2.81 bits per heavy atom. The highest BCUT2D eigenvalue weighted by molar-refractivity contribution is 6.29. The normalized spacial score (nSPS) is 10.7. The minimum Gasteiger partial charge on any atom is -0.345 e. The van der Waals surface area contributed by atoms with Gasteiger partial charge in [-0.1, -0.05) is 18.5 Å². The number of halogens is 1. The zero-order valence-corrected chi connectivity index (χ0v) is 10.3. The Bertz CT molecular complexity index is 488. The average molecular weight is 235 g/mol. The lowest BCUT2D eigenvalue weighted by atomic mass is 10.2. The first kappa shape index (κ1) is 11.2. The molecule has 0 atom stereocenters. The van der Waals surface area contributed by atoms with Crippen molar-refractivity contribution < 1.29 is 0 Å². The first-order valence-electron chi connectivity index (χ1n) is 5.50. The van der Waals surface area contributed by atoms with Crippen LogP contribution in [0.25, 0.3) is 11.3 Å². The Morgan fingerprint density at radius 1 is 1.31 bits per heavy atom. The van der Waals surface area contributed by atoms with Crippen molar-refractivity contribution in [2.45, 2.75) is 26.8 Å². The molecular formula is C13H15ClN2. The van der Waals surface area contributed by atoms with E-state index in [4.69, 9.17) is 11.6 Å². The largest absolute Gasteiger partial charge is 0.345 e. The Kier molecular flexibility index (Phi) is 3.30. The smallest absolute Gasteiger partial charge is 0.129 e. The van der Waals surface area contributed by atoms with Crippen LogP contribution < -0.4 is 0 Å². The average Bonchev–Trinajstić information content (AvgIpc) is 2.61. The molecule has 2 aromatic rings. The number of aromatic nitrogens is 2. The number of rotatable bonds is 3. The lowest BCUT2D eigenvalue weighted by Gasteiger charge is -2.10. The van der Waals surface area contributed by atoms with E-state index >= 15 is 0 Å². The second-order valence-corrected chi connectivity index (χ2v) is 4.27. The SMILES string of the molecule is CCCn1c(C)ccc1-c1ccnc(Cl)c1. The highest BCUT2D eigenvalue weighted by atomic mass is 35.5. The summed E-state index contributed by atoms with van der Waals surface area (Å²) in [6.45, 7) is 5.35. The van der Waals surface area contributed by atoms with Crippen molar-refractivity contribution in [2.75, 3.05) is 0 Å². The summed E-state index contributed by atoms with van der Waals surface area (Å²) < 4.78 is 2.31. The predicted octanol–water partition coefficient (Wildman–Crippen LogP) is 3.92. The molecule has 0 radical (unpaired) electrons. The first-order chi connectivity index (χ1) is 7.72. The molecule has 0 spiro atoms. The molecule has 0 amide bonds. The summed E-state index contributed by atoms with van der Waals surface area (Å²) in [4.78, 5) is 4.00. The van der Waals surface area contributed by atoms with E-state index in [-0.39, 0.29) is 0 Å². The van der Waals surface area contributed by atoms with Gasteiger partial charge >= 0.3 is 0 Å². The first-order valence-corrected chi connectivity index (χ1v) is 5.88. The number of hydrogen-bond acceptors (Lipinski definition) is 1. The summed E-state index contributed by atoms with van der Waals surface area (Å²) in [5.74, 6) is 0. The maximum absolute atomic E-state index is 5.91. The Balaban J connectivity index is 2.47. The van der Waals surface area contributed by atoms with Gasteiger partial charge in [-0.3, -0.25) is 0 Å². The minimum atomic E-state index is 0.541. The van der Waals surface area contributed by atoms with E-state index in [1.807, 2.05) is 12.1 Å². The topological polar surface area (TPSA) is 17.8 Å². The van der Waals surface area contributed by atoms with E-state index < -0.39 is 0 Å². The molecule has 2 rings (SSSR count). The van der Waals surface area contributed by atoms with Crippen molar-refractivity contribution in [3.8, 4) is 11.3 Å². The van der Waals surface area contributed by atoms with Gasteiger partial charge < -0.3 is 4.57 Å². The summed E-state index contributed by atoms with van der Waals surface area (Å²) in [5.41, 5.74) is 3.62. The monoisotopic (exact) mass is 234 g/mol. The molecule has 0 saturated carbocycles. The van der Waals surface area contributed by atoms with Gasteiger partial charge in [0.25, 0.3) is 0 Å². The number of pyridine rings is 1. The number of nitrogens with zero attached hydrogens (tertiary/aromatic N) is 2. The predicted molar refractivity (Wildman–Crippen MR) is 67.7 cm³/mol. The minimum absolute atomic E-state index is 0.541. The molecule has 0 aliphatic rings. The van der Waals surface area contributed by atoms with Gasteiger partial charge in [0.05, 0.1) is 0 Å². The Morgan fingerprint density at radius 2 is 2.12 bits per heavy atom. The van der Waals surface area contributed by atoms with Crippen molar-refractivity contribution in [3.63, 3.8) is 0 Å². The van der Waals surface area contributed by atoms with Crippen LogP contribution in [-0.4, -0.2) is 9.55 Å². The van der Waals surface area contributed by atoms with Crippen molar-refractivity contribution in [1.82, 2.24) is 9.55 Å². The van der Waals surface area contributed by atoms with E-state index in [1.54, 1.807) is 6.20 Å². The van der Waals surface area contributed by atoms with E-state index in [9.17, 15) is 0 Å². The lowest BCUT2D eigenvalue weighted by Crippen LogP contribution is -2.01. The van der Waals surface area contributed by atoms with Gasteiger partial charge in [-0.05, 0) is 37.6 Å². The van der Waals surface area contributed by atoms with Gasteiger partial charge in [0, 0.05) is 29.7 Å². The van der Waals surface area contributed by atoms with E-state index in [1.165, 1.54) is 11.4 Å². The number of hydrogen-bond donors (Lipinski definition) is 0. The van der Waals surface area contributed by atoms with Crippen LogP contribution in [0.5, 0.6) is 0 Å². The van der Waals surface area contributed by atoms with E-state index in [2.05, 4.69) is 35.5 Å².